The molecule has 4 nitrogen and oxygen atoms in total. The number of halogens is 1. The monoisotopic (exact) mass is 344 g/mol. The minimum Gasteiger partial charge on any atom is -0.494 e. The smallest absolute Gasteiger partial charge is 0.310 e. The Morgan fingerprint density at radius 1 is 1.32 bits per heavy atom. The molecule has 0 spiro atoms. The highest BCUT2D eigenvalue weighted by molar-refractivity contribution is 7.99. The minimum absolute atomic E-state index is 0.548. The van der Waals surface area contributed by atoms with Crippen molar-refractivity contribution in [3.8, 4) is 5.75 Å². The Morgan fingerprint density at radius 2 is 2.00 bits per heavy atom. The van der Waals surface area contributed by atoms with Crippen LogP contribution in [-0.2, 0) is 9.53 Å². The molecule has 0 unspecified atom stereocenters. The van der Waals surface area contributed by atoms with Gasteiger partial charge in [-0.25, -0.2) is 0 Å². The molecule has 0 aromatic heterocycles. The van der Waals surface area contributed by atoms with Crippen LogP contribution in [0.5, 0.6) is 5.75 Å². The lowest BCUT2D eigenvalue weighted by Crippen LogP contribution is -2.39. The number of rotatable bonds is 8. The molecule has 0 aliphatic carbocycles. The quantitative estimate of drug-likeness (QED) is 0.728. The van der Waals surface area contributed by atoms with E-state index in [2.05, 4.69) is 0 Å². The van der Waals surface area contributed by atoms with Gasteiger partial charge in [0.15, 0.2) is 0 Å². The van der Waals surface area contributed by atoms with Gasteiger partial charge in [-0.15, -0.1) is 0 Å². The molecule has 1 aliphatic rings. The number of hydrogen-bond donors (Lipinski definition) is 1. The topological polar surface area (TPSA) is 55.8 Å². The summed E-state index contributed by atoms with van der Waals surface area (Å²) in [6, 6.07) is 7.29. The van der Waals surface area contributed by atoms with Crippen LogP contribution in [0.4, 0.5) is 0 Å². The summed E-state index contributed by atoms with van der Waals surface area (Å²) in [4.78, 5) is 11.5. The fourth-order valence-corrected chi connectivity index (χ4v) is 3.73. The van der Waals surface area contributed by atoms with Crippen LogP contribution in [0.25, 0.3) is 0 Å². The zero-order chi connectivity index (χ0) is 15.8. The first-order valence-electron chi connectivity index (χ1n) is 7.40. The number of carboxylic acids is 1. The Kier molecular flexibility index (Phi) is 6.86. The third kappa shape index (κ3) is 5.07. The molecule has 1 heterocycles. The molecule has 1 aromatic carbocycles. The Hall–Kier alpha value is -0.910. The normalized spacial score (nSPS) is 17.1. The number of aliphatic carboxylic acids is 1. The van der Waals surface area contributed by atoms with Gasteiger partial charge < -0.3 is 14.6 Å². The Labute approximate surface area is 140 Å². The van der Waals surface area contributed by atoms with E-state index in [1.807, 2.05) is 12.1 Å². The summed E-state index contributed by atoms with van der Waals surface area (Å²) in [6.07, 6.45) is 2.10. The van der Waals surface area contributed by atoms with E-state index in [0.29, 0.717) is 43.4 Å². The van der Waals surface area contributed by atoms with Crippen LogP contribution in [0, 0.1) is 5.41 Å². The van der Waals surface area contributed by atoms with Crippen LogP contribution in [0.1, 0.15) is 19.3 Å². The zero-order valence-electron chi connectivity index (χ0n) is 12.4. The van der Waals surface area contributed by atoms with Crippen LogP contribution in [-0.4, -0.2) is 42.4 Å². The average Bonchev–Trinajstić information content (AvgIpc) is 2.53. The number of ether oxygens (including phenoxy) is 2. The highest BCUT2D eigenvalue weighted by Crippen LogP contribution is 2.34. The van der Waals surface area contributed by atoms with Gasteiger partial charge in [0.05, 0.1) is 12.0 Å². The maximum Gasteiger partial charge on any atom is 0.310 e. The fraction of sp³-hybridized carbons (Fsp3) is 0.562. The van der Waals surface area contributed by atoms with Crippen LogP contribution in [0.15, 0.2) is 24.3 Å². The second-order valence-electron chi connectivity index (χ2n) is 5.41. The molecule has 1 N–H and O–H groups in total. The standard InChI is InChI=1S/C16H21ClO4S/c17-13-2-4-14(5-3-13)21-8-1-11-22-12-16(15(18)19)6-9-20-10-7-16/h2-5H,1,6-12H2,(H,18,19). The number of thioether (sulfide) groups is 1. The van der Waals surface area contributed by atoms with E-state index in [-0.39, 0.29) is 0 Å². The molecule has 0 radical (unpaired) electrons. The Bertz CT molecular complexity index is 472. The number of benzene rings is 1. The predicted octanol–water partition coefficient (Wildman–Crippen LogP) is 3.72. The molecule has 1 fully saturated rings. The minimum atomic E-state index is -0.694. The van der Waals surface area contributed by atoms with Crippen LogP contribution < -0.4 is 4.74 Å². The van der Waals surface area contributed by atoms with Crippen LogP contribution in [0.3, 0.4) is 0 Å². The van der Waals surface area contributed by atoms with E-state index in [0.717, 1.165) is 17.9 Å². The van der Waals surface area contributed by atoms with Crippen LogP contribution >= 0.6 is 23.4 Å². The molecule has 0 bridgehead atoms. The first kappa shape index (κ1) is 17.4. The Morgan fingerprint density at radius 3 is 2.64 bits per heavy atom. The molecule has 22 heavy (non-hydrogen) atoms. The van der Waals surface area contributed by atoms with Gasteiger partial charge in [-0.2, -0.15) is 11.8 Å². The molecule has 1 aliphatic heterocycles. The SMILES string of the molecule is O=C(O)C1(CSCCCOc2ccc(Cl)cc2)CCOCC1. The maximum atomic E-state index is 11.5. The molecule has 0 amide bonds. The van der Waals surface area contributed by atoms with Crippen molar-refractivity contribution in [3.63, 3.8) is 0 Å². The van der Waals surface area contributed by atoms with Gasteiger partial charge >= 0.3 is 5.97 Å². The summed E-state index contributed by atoms with van der Waals surface area (Å²) in [5.41, 5.74) is -0.611. The first-order valence-corrected chi connectivity index (χ1v) is 8.93. The van der Waals surface area contributed by atoms with Gasteiger partial charge in [0.25, 0.3) is 0 Å². The summed E-state index contributed by atoms with van der Waals surface area (Å²) in [6.45, 7) is 1.72. The van der Waals surface area contributed by atoms with Gasteiger partial charge in [-0.05, 0) is 49.3 Å². The van der Waals surface area contributed by atoms with Gasteiger partial charge in [0.1, 0.15) is 5.75 Å². The summed E-state index contributed by atoms with van der Waals surface area (Å²) >= 11 is 7.50. The highest BCUT2D eigenvalue weighted by atomic mass is 35.5. The third-order valence-electron chi connectivity index (χ3n) is 3.80. The summed E-state index contributed by atoms with van der Waals surface area (Å²) in [5.74, 6) is 1.65. The first-order chi connectivity index (χ1) is 10.6. The molecular formula is C16H21ClO4S. The van der Waals surface area contributed by atoms with Crippen molar-refractivity contribution in [2.24, 2.45) is 5.41 Å². The zero-order valence-corrected chi connectivity index (χ0v) is 14.0. The van der Waals surface area contributed by atoms with Crippen LogP contribution in [0.2, 0.25) is 5.02 Å². The van der Waals surface area contributed by atoms with Gasteiger partial charge in [0.2, 0.25) is 0 Å². The summed E-state index contributed by atoms with van der Waals surface area (Å²) < 4.78 is 10.9. The van der Waals surface area contributed by atoms with Crippen molar-refractivity contribution in [2.75, 3.05) is 31.3 Å². The van der Waals surface area contributed by atoms with E-state index in [1.165, 1.54) is 0 Å². The van der Waals surface area contributed by atoms with Crippen molar-refractivity contribution >= 4 is 29.3 Å². The largest absolute Gasteiger partial charge is 0.494 e. The molecular weight excluding hydrogens is 324 g/mol. The number of hydrogen-bond acceptors (Lipinski definition) is 4. The lowest BCUT2D eigenvalue weighted by molar-refractivity contribution is -0.152. The van der Waals surface area contributed by atoms with Gasteiger partial charge in [-0.1, -0.05) is 11.6 Å². The molecule has 1 aromatic rings. The van der Waals surface area contributed by atoms with E-state index in [9.17, 15) is 9.90 Å². The van der Waals surface area contributed by atoms with Crippen molar-refractivity contribution < 1.29 is 19.4 Å². The van der Waals surface area contributed by atoms with E-state index >= 15 is 0 Å². The van der Waals surface area contributed by atoms with E-state index in [1.54, 1.807) is 23.9 Å². The second kappa shape index (κ2) is 8.65. The Balaban J connectivity index is 1.64. The summed E-state index contributed by atoms with van der Waals surface area (Å²) in [7, 11) is 0. The maximum absolute atomic E-state index is 11.5. The van der Waals surface area contributed by atoms with Crippen molar-refractivity contribution in [1.82, 2.24) is 0 Å². The van der Waals surface area contributed by atoms with E-state index < -0.39 is 11.4 Å². The molecule has 0 atom stereocenters. The summed E-state index contributed by atoms with van der Waals surface area (Å²) in [5, 5.41) is 10.2. The molecule has 6 heteroatoms. The molecule has 2 rings (SSSR count). The molecule has 122 valence electrons. The second-order valence-corrected chi connectivity index (χ2v) is 6.95. The number of carbonyl (C=O) groups is 1. The van der Waals surface area contributed by atoms with Gasteiger partial charge in [0, 0.05) is 24.0 Å². The number of carboxylic acid groups (broad SMARTS) is 1. The van der Waals surface area contributed by atoms with Gasteiger partial charge in [-0.3, -0.25) is 4.79 Å². The van der Waals surface area contributed by atoms with Crippen molar-refractivity contribution in [3.05, 3.63) is 29.3 Å². The van der Waals surface area contributed by atoms with Crippen molar-refractivity contribution in [2.45, 2.75) is 19.3 Å². The van der Waals surface area contributed by atoms with E-state index in [4.69, 9.17) is 21.1 Å². The molecule has 1 saturated heterocycles. The predicted molar refractivity (Wildman–Crippen MR) is 89.0 cm³/mol. The highest BCUT2D eigenvalue weighted by Gasteiger charge is 2.39. The van der Waals surface area contributed by atoms with Crippen molar-refractivity contribution in [1.29, 1.82) is 0 Å². The average molecular weight is 345 g/mol. The fourth-order valence-electron chi connectivity index (χ4n) is 2.33. The third-order valence-corrected chi connectivity index (χ3v) is 5.38. The lowest BCUT2D eigenvalue weighted by atomic mass is 9.82. The molecule has 0 saturated carbocycles. The lowest BCUT2D eigenvalue weighted by Gasteiger charge is -2.32.